The monoisotopic (exact) mass is 500 g/mol. The molecule has 4 nitrogen and oxygen atoms in total. The summed E-state index contributed by atoms with van der Waals surface area (Å²) in [6.45, 7) is 0. The van der Waals surface area contributed by atoms with Crippen molar-refractivity contribution in [2.75, 3.05) is 0 Å². The summed E-state index contributed by atoms with van der Waals surface area (Å²) in [5.41, 5.74) is 6.41. The van der Waals surface area contributed by atoms with Crippen LogP contribution >= 0.6 is 11.3 Å². The van der Waals surface area contributed by atoms with Crippen LogP contribution in [0.15, 0.2) is 97.1 Å². The third kappa shape index (κ3) is 3.19. The van der Waals surface area contributed by atoms with Crippen LogP contribution in [-0.4, -0.2) is 4.57 Å². The van der Waals surface area contributed by atoms with Gasteiger partial charge in [0.05, 0.1) is 45.9 Å². The average Bonchev–Trinajstić information content (AvgIpc) is 3.51. The van der Waals surface area contributed by atoms with Crippen LogP contribution < -0.4 is 0 Å². The highest BCUT2D eigenvalue weighted by atomic mass is 32.1. The fraction of sp³-hybridized carbons (Fsp3) is 0. The predicted octanol–water partition coefficient (Wildman–Crippen LogP) is 8.43. The fourth-order valence-electron chi connectivity index (χ4n) is 5.38. The van der Waals surface area contributed by atoms with Crippen LogP contribution in [0, 0.1) is 34.0 Å². The van der Waals surface area contributed by atoms with Crippen molar-refractivity contribution in [2.24, 2.45) is 0 Å². The van der Waals surface area contributed by atoms with Crippen molar-refractivity contribution in [3.63, 3.8) is 0 Å². The normalized spacial score (nSPS) is 11.1. The van der Waals surface area contributed by atoms with Crippen LogP contribution in [0.4, 0.5) is 0 Å². The second-order valence-corrected chi connectivity index (χ2v) is 10.2. The van der Waals surface area contributed by atoms with Gasteiger partial charge in [-0.3, -0.25) is 0 Å². The molecule has 174 valence electrons. The van der Waals surface area contributed by atoms with Gasteiger partial charge in [0.1, 0.15) is 0 Å². The number of aromatic nitrogens is 1. The predicted molar refractivity (Wildman–Crippen MR) is 153 cm³/mol. The first-order valence-electron chi connectivity index (χ1n) is 12.0. The third-order valence-corrected chi connectivity index (χ3v) is 8.26. The van der Waals surface area contributed by atoms with E-state index in [1.165, 1.54) is 20.2 Å². The summed E-state index contributed by atoms with van der Waals surface area (Å²) in [6, 6.07) is 38.7. The molecule has 0 aliphatic heterocycles. The number of hydrogen-bond acceptors (Lipinski definition) is 4. The van der Waals surface area contributed by atoms with Crippen LogP contribution in [0.25, 0.3) is 58.8 Å². The molecule has 0 atom stereocenters. The van der Waals surface area contributed by atoms with E-state index in [1.807, 2.05) is 36.4 Å². The first-order chi connectivity index (χ1) is 18.7. The average molecular weight is 501 g/mol. The molecule has 38 heavy (non-hydrogen) atoms. The van der Waals surface area contributed by atoms with Crippen molar-refractivity contribution >= 4 is 53.3 Å². The highest BCUT2D eigenvalue weighted by molar-refractivity contribution is 7.26. The Morgan fingerprint density at radius 3 is 1.89 bits per heavy atom. The first kappa shape index (κ1) is 21.8. The molecule has 0 N–H and O–H groups in total. The van der Waals surface area contributed by atoms with Gasteiger partial charge in [0.15, 0.2) is 0 Å². The highest BCUT2D eigenvalue weighted by Gasteiger charge is 2.17. The zero-order valence-electron chi connectivity index (χ0n) is 19.9. The number of thiophene rings is 1. The molecule has 7 rings (SSSR count). The van der Waals surface area contributed by atoms with Gasteiger partial charge >= 0.3 is 0 Å². The molecule has 2 heterocycles. The maximum absolute atomic E-state index is 9.99. The molecule has 7 aromatic rings. The minimum absolute atomic E-state index is 0.557. The number of hydrogen-bond donors (Lipinski definition) is 0. The molecule has 0 radical (unpaired) electrons. The van der Waals surface area contributed by atoms with E-state index < -0.39 is 0 Å². The smallest absolute Gasteiger partial charge is 0.0992 e. The molecule has 0 saturated heterocycles. The summed E-state index contributed by atoms with van der Waals surface area (Å²) in [6.07, 6.45) is 0. The SMILES string of the molecule is N#Cc1cc(-c2cccc3c2sc2ccccc23)cc(-n2c3ccc(C#N)cc3c3cc(C#N)ccc32)c1. The van der Waals surface area contributed by atoms with Crippen LogP contribution in [0.5, 0.6) is 0 Å². The molecular formula is C33H16N4S. The standard InChI is InChI=1S/C33H16N4S/c34-17-20-8-10-30-28(14-20)29-15-21(18-35)9-11-31(29)37(30)24-13-22(19-36)12-23(16-24)25-5-3-6-27-26-4-1-2-7-32(26)38-33(25)27/h1-16H. The summed E-state index contributed by atoms with van der Waals surface area (Å²) in [7, 11) is 0. The van der Waals surface area contributed by atoms with E-state index in [0.717, 1.165) is 38.6 Å². The summed E-state index contributed by atoms with van der Waals surface area (Å²) >= 11 is 1.76. The number of rotatable bonds is 2. The van der Waals surface area contributed by atoms with Crippen molar-refractivity contribution in [3.05, 3.63) is 114 Å². The molecule has 0 aliphatic rings. The van der Waals surface area contributed by atoms with Gasteiger partial charge in [-0.05, 0) is 71.8 Å². The molecule has 0 bridgehead atoms. The van der Waals surface area contributed by atoms with Crippen molar-refractivity contribution in [1.29, 1.82) is 15.8 Å². The highest BCUT2D eigenvalue weighted by Crippen LogP contribution is 2.41. The molecule has 0 unspecified atom stereocenters. The molecule has 0 amide bonds. The molecule has 0 fully saturated rings. The van der Waals surface area contributed by atoms with E-state index >= 15 is 0 Å². The lowest BCUT2D eigenvalue weighted by Crippen LogP contribution is -1.96. The Balaban J connectivity index is 1.55. The van der Waals surface area contributed by atoms with Gasteiger partial charge in [0.25, 0.3) is 0 Å². The summed E-state index contributed by atoms with van der Waals surface area (Å²) in [5, 5.41) is 33.3. The van der Waals surface area contributed by atoms with Gasteiger partial charge in [-0.15, -0.1) is 11.3 Å². The molecule has 5 aromatic carbocycles. The van der Waals surface area contributed by atoms with Gasteiger partial charge in [0.2, 0.25) is 0 Å². The quantitative estimate of drug-likeness (QED) is 0.239. The Bertz CT molecular complexity index is 2160. The van der Waals surface area contributed by atoms with E-state index in [-0.39, 0.29) is 0 Å². The van der Waals surface area contributed by atoms with Crippen molar-refractivity contribution < 1.29 is 0 Å². The molecule has 5 heteroatoms. The first-order valence-corrected chi connectivity index (χ1v) is 12.8. The Hall–Kier alpha value is -5.41. The number of benzene rings is 5. The van der Waals surface area contributed by atoms with Crippen molar-refractivity contribution in [2.45, 2.75) is 0 Å². The summed E-state index contributed by atoms with van der Waals surface area (Å²) in [5.74, 6) is 0. The largest absolute Gasteiger partial charge is 0.309 e. The zero-order valence-corrected chi connectivity index (χ0v) is 20.8. The van der Waals surface area contributed by atoms with Crippen LogP contribution in [-0.2, 0) is 0 Å². The molecule has 0 aliphatic carbocycles. The number of nitriles is 3. The van der Waals surface area contributed by atoms with E-state index in [4.69, 9.17) is 0 Å². The van der Waals surface area contributed by atoms with Gasteiger partial charge < -0.3 is 4.57 Å². The van der Waals surface area contributed by atoms with Gasteiger partial charge in [-0.1, -0.05) is 36.4 Å². The van der Waals surface area contributed by atoms with Gasteiger partial charge in [0, 0.05) is 36.6 Å². The van der Waals surface area contributed by atoms with Crippen LogP contribution in [0.2, 0.25) is 0 Å². The van der Waals surface area contributed by atoms with E-state index in [1.54, 1.807) is 23.5 Å². The van der Waals surface area contributed by atoms with Crippen molar-refractivity contribution in [3.8, 4) is 35.0 Å². The zero-order chi connectivity index (χ0) is 25.8. The maximum Gasteiger partial charge on any atom is 0.0992 e. The molecule has 2 aromatic heterocycles. The maximum atomic E-state index is 9.99. The molecular weight excluding hydrogens is 484 g/mol. The van der Waals surface area contributed by atoms with E-state index in [2.05, 4.69) is 71.3 Å². The van der Waals surface area contributed by atoms with E-state index in [9.17, 15) is 15.8 Å². The van der Waals surface area contributed by atoms with Crippen LogP contribution in [0.3, 0.4) is 0 Å². The Morgan fingerprint density at radius 2 is 1.21 bits per heavy atom. The summed E-state index contributed by atoms with van der Waals surface area (Å²) < 4.78 is 4.53. The Kier molecular flexibility index (Phi) is 4.78. The lowest BCUT2D eigenvalue weighted by molar-refractivity contribution is 1.18. The molecule has 0 spiro atoms. The topological polar surface area (TPSA) is 76.3 Å². The Labute approximate surface area is 222 Å². The van der Waals surface area contributed by atoms with Crippen LogP contribution in [0.1, 0.15) is 16.7 Å². The lowest BCUT2D eigenvalue weighted by atomic mass is 10.00. The van der Waals surface area contributed by atoms with Crippen molar-refractivity contribution in [1.82, 2.24) is 4.57 Å². The number of fused-ring (bicyclic) bond motifs is 6. The minimum Gasteiger partial charge on any atom is -0.309 e. The number of nitrogens with zero attached hydrogens (tertiary/aromatic N) is 4. The third-order valence-electron chi connectivity index (χ3n) is 7.04. The second kappa shape index (κ2) is 8.32. The molecule has 0 saturated carbocycles. The second-order valence-electron chi connectivity index (χ2n) is 9.18. The lowest BCUT2D eigenvalue weighted by Gasteiger charge is -2.12. The fourth-order valence-corrected chi connectivity index (χ4v) is 6.61. The summed E-state index contributed by atoms with van der Waals surface area (Å²) in [4.78, 5) is 0. The Morgan fingerprint density at radius 1 is 0.553 bits per heavy atom. The van der Waals surface area contributed by atoms with Gasteiger partial charge in [-0.2, -0.15) is 15.8 Å². The minimum atomic E-state index is 0.557. The van der Waals surface area contributed by atoms with E-state index in [0.29, 0.717) is 16.7 Å². The van der Waals surface area contributed by atoms with Gasteiger partial charge in [-0.25, -0.2) is 0 Å².